The summed E-state index contributed by atoms with van der Waals surface area (Å²) in [5.41, 5.74) is 1.10. The van der Waals surface area contributed by atoms with E-state index in [1.165, 1.54) is 12.8 Å². The maximum absolute atomic E-state index is 11.8. The molecule has 20 heavy (non-hydrogen) atoms. The smallest absolute Gasteiger partial charge is 0.306 e. The molecule has 1 aromatic carbocycles. The van der Waals surface area contributed by atoms with Gasteiger partial charge < -0.3 is 10.1 Å². The summed E-state index contributed by atoms with van der Waals surface area (Å²) < 4.78 is 5.53. The SMILES string of the molecule is CC1CCC(OC(=O)CCCNc2ccccc2)CC1. The van der Waals surface area contributed by atoms with Gasteiger partial charge >= 0.3 is 5.97 Å². The van der Waals surface area contributed by atoms with Gasteiger partial charge in [-0.3, -0.25) is 4.79 Å². The molecule has 0 amide bonds. The number of ether oxygens (including phenoxy) is 1. The molecule has 1 aliphatic carbocycles. The van der Waals surface area contributed by atoms with Gasteiger partial charge in [0.25, 0.3) is 0 Å². The molecule has 0 aromatic heterocycles. The van der Waals surface area contributed by atoms with Crippen molar-refractivity contribution < 1.29 is 9.53 Å². The van der Waals surface area contributed by atoms with Crippen LogP contribution in [-0.4, -0.2) is 18.6 Å². The van der Waals surface area contributed by atoms with Crippen LogP contribution in [0, 0.1) is 5.92 Å². The molecule has 0 spiro atoms. The first-order chi connectivity index (χ1) is 9.74. The van der Waals surface area contributed by atoms with E-state index in [1.807, 2.05) is 30.3 Å². The zero-order valence-electron chi connectivity index (χ0n) is 12.3. The molecule has 3 nitrogen and oxygen atoms in total. The van der Waals surface area contributed by atoms with Gasteiger partial charge in [-0.05, 0) is 50.2 Å². The lowest BCUT2D eigenvalue weighted by molar-refractivity contribution is -0.150. The Morgan fingerprint density at radius 1 is 1.20 bits per heavy atom. The zero-order chi connectivity index (χ0) is 14.2. The molecule has 0 saturated heterocycles. The monoisotopic (exact) mass is 275 g/mol. The number of benzene rings is 1. The second kappa shape index (κ2) is 7.93. The van der Waals surface area contributed by atoms with Gasteiger partial charge in [-0.2, -0.15) is 0 Å². The number of hydrogen-bond donors (Lipinski definition) is 1. The highest BCUT2D eigenvalue weighted by atomic mass is 16.5. The van der Waals surface area contributed by atoms with Gasteiger partial charge in [0.15, 0.2) is 0 Å². The summed E-state index contributed by atoms with van der Waals surface area (Å²) in [6.07, 6.45) is 5.94. The first kappa shape index (κ1) is 14.9. The quantitative estimate of drug-likeness (QED) is 0.630. The van der Waals surface area contributed by atoms with Crippen LogP contribution < -0.4 is 5.32 Å². The summed E-state index contributed by atoms with van der Waals surface area (Å²) in [6, 6.07) is 10.1. The minimum absolute atomic E-state index is 0.0422. The molecule has 1 aliphatic rings. The third kappa shape index (κ3) is 5.24. The van der Waals surface area contributed by atoms with E-state index in [4.69, 9.17) is 4.74 Å². The number of para-hydroxylation sites is 1. The molecule has 110 valence electrons. The van der Waals surface area contributed by atoms with Gasteiger partial charge in [-0.25, -0.2) is 0 Å². The Balaban J connectivity index is 1.56. The summed E-state index contributed by atoms with van der Waals surface area (Å²) in [6.45, 7) is 3.08. The lowest BCUT2D eigenvalue weighted by atomic mass is 9.89. The van der Waals surface area contributed by atoms with Crippen LogP contribution in [-0.2, 0) is 9.53 Å². The molecule has 0 unspecified atom stereocenters. The Labute approximate surface area is 121 Å². The number of carbonyl (C=O) groups is 1. The Morgan fingerprint density at radius 2 is 1.90 bits per heavy atom. The van der Waals surface area contributed by atoms with Crippen molar-refractivity contribution in [2.75, 3.05) is 11.9 Å². The van der Waals surface area contributed by atoms with Crippen LogP contribution in [0.15, 0.2) is 30.3 Å². The van der Waals surface area contributed by atoms with Crippen molar-refractivity contribution in [1.82, 2.24) is 0 Å². The van der Waals surface area contributed by atoms with E-state index in [1.54, 1.807) is 0 Å². The minimum atomic E-state index is -0.0422. The van der Waals surface area contributed by atoms with E-state index in [2.05, 4.69) is 12.2 Å². The van der Waals surface area contributed by atoms with Crippen molar-refractivity contribution in [2.45, 2.75) is 51.6 Å². The van der Waals surface area contributed by atoms with Crippen LogP contribution in [0.5, 0.6) is 0 Å². The van der Waals surface area contributed by atoms with Gasteiger partial charge in [0.1, 0.15) is 6.10 Å². The van der Waals surface area contributed by atoms with Gasteiger partial charge in [0.05, 0.1) is 0 Å². The zero-order valence-corrected chi connectivity index (χ0v) is 12.3. The summed E-state index contributed by atoms with van der Waals surface area (Å²) in [5, 5.41) is 3.30. The standard InChI is InChI=1S/C17H25NO2/c1-14-9-11-16(12-10-14)20-17(19)8-5-13-18-15-6-3-2-4-7-15/h2-4,6-7,14,16,18H,5,8-13H2,1H3. The number of anilines is 1. The van der Waals surface area contributed by atoms with Crippen molar-refractivity contribution in [1.29, 1.82) is 0 Å². The number of carbonyl (C=O) groups excluding carboxylic acids is 1. The molecule has 3 heteroatoms. The molecule has 1 saturated carbocycles. The average Bonchev–Trinajstić information content (AvgIpc) is 2.47. The molecule has 1 N–H and O–H groups in total. The molecule has 0 atom stereocenters. The Bertz CT molecular complexity index is 397. The third-order valence-electron chi connectivity index (χ3n) is 3.92. The fourth-order valence-corrected chi connectivity index (χ4v) is 2.61. The molecule has 0 radical (unpaired) electrons. The summed E-state index contributed by atoms with van der Waals surface area (Å²) >= 11 is 0. The molecule has 0 heterocycles. The number of esters is 1. The second-order valence-electron chi connectivity index (χ2n) is 5.77. The van der Waals surface area contributed by atoms with E-state index in [-0.39, 0.29) is 12.1 Å². The number of hydrogen-bond acceptors (Lipinski definition) is 3. The van der Waals surface area contributed by atoms with Gasteiger partial charge in [-0.1, -0.05) is 25.1 Å². The molecular weight excluding hydrogens is 250 g/mol. The third-order valence-corrected chi connectivity index (χ3v) is 3.92. The van der Waals surface area contributed by atoms with Gasteiger partial charge in [-0.15, -0.1) is 0 Å². The van der Waals surface area contributed by atoms with E-state index in [0.717, 1.165) is 37.4 Å². The van der Waals surface area contributed by atoms with Crippen LogP contribution in [0.1, 0.15) is 45.4 Å². The van der Waals surface area contributed by atoms with Crippen LogP contribution in [0.2, 0.25) is 0 Å². The predicted molar refractivity (Wildman–Crippen MR) is 81.7 cm³/mol. The molecule has 0 bridgehead atoms. The lowest BCUT2D eigenvalue weighted by Gasteiger charge is -2.26. The van der Waals surface area contributed by atoms with Crippen molar-refractivity contribution in [3.05, 3.63) is 30.3 Å². The first-order valence-electron chi connectivity index (χ1n) is 7.72. The van der Waals surface area contributed by atoms with Gasteiger partial charge in [0, 0.05) is 18.7 Å². The average molecular weight is 275 g/mol. The topological polar surface area (TPSA) is 38.3 Å². The van der Waals surface area contributed by atoms with Crippen LogP contribution >= 0.6 is 0 Å². The maximum Gasteiger partial charge on any atom is 0.306 e. The van der Waals surface area contributed by atoms with E-state index in [0.29, 0.717) is 6.42 Å². The number of rotatable bonds is 6. The highest BCUT2D eigenvalue weighted by molar-refractivity contribution is 5.69. The van der Waals surface area contributed by atoms with E-state index in [9.17, 15) is 4.79 Å². The van der Waals surface area contributed by atoms with Crippen LogP contribution in [0.4, 0.5) is 5.69 Å². The normalized spacial score (nSPS) is 22.2. The van der Waals surface area contributed by atoms with Crippen molar-refractivity contribution >= 4 is 11.7 Å². The van der Waals surface area contributed by atoms with E-state index >= 15 is 0 Å². The summed E-state index contributed by atoms with van der Waals surface area (Å²) in [7, 11) is 0. The van der Waals surface area contributed by atoms with Crippen molar-refractivity contribution in [3.8, 4) is 0 Å². The van der Waals surface area contributed by atoms with Crippen molar-refractivity contribution in [3.63, 3.8) is 0 Å². The Kier molecular flexibility index (Phi) is 5.90. The molecule has 1 aromatic rings. The molecule has 2 rings (SSSR count). The van der Waals surface area contributed by atoms with E-state index < -0.39 is 0 Å². The molecule has 0 aliphatic heterocycles. The van der Waals surface area contributed by atoms with Crippen LogP contribution in [0.3, 0.4) is 0 Å². The maximum atomic E-state index is 11.8. The minimum Gasteiger partial charge on any atom is -0.462 e. The highest BCUT2D eigenvalue weighted by Gasteiger charge is 2.21. The fraction of sp³-hybridized carbons (Fsp3) is 0.588. The summed E-state index contributed by atoms with van der Waals surface area (Å²) in [4.78, 5) is 11.8. The second-order valence-corrected chi connectivity index (χ2v) is 5.77. The van der Waals surface area contributed by atoms with Crippen molar-refractivity contribution in [2.24, 2.45) is 5.92 Å². The highest BCUT2D eigenvalue weighted by Crippen LogP contribution is 2.25. The van der Waals surface area contributed by atoms with Crippen LogP contribution in [0.25, 0.3) is 0 Å². The van der Waals surface area contributed by atoms with Gasteiger partial charge in [0.2, 0.25) is 0 Å². The fourth-order valence-electron chi connectivity index (χ4n) is 2.61. The number of nitrogens with one attached hydrogen (secondary N) is 1. The Hall–Kier alpha value is -1.51. The first-order valence-corrected chi connectivity index (χ1v) is 7.72. The molecule has 1 fully saturated rings. The Morgan fingerprint density at radius 3 is 2.60 bits per heavy atom. The summed E-state index contributed by atoms with van der Waals surface area (Å²) in [5.74, 6) is 0.749. The molecular formula is C17H25NO2. The lowest BCUT2D eigenvalue weighted by Crippen LogP contribution is -2.23. The predicted octanol–water partition coefficient (Wildman–Crippen LogP) is 4.00. The largest absolute Gasteiger partial charge is 0.462 e.